The summed E-state index contributed by atoms with van der Waals surface area (Å²) >= 11 is 4.73. The normalized spacial score (nSPS) is 16.7. The van der Waals surface area contributed by atoms with Gasteiger partial charge < -0.3 is 11.1 Å². The highest BCUT2D eigenvalue weighted by atomic mass is 32.2. The Morgan fingerprint density at radius 2 is 2.00 bits per heavy atom. The molecule has 0 aromatic heterocycles. The average molecular weight is 285 g/mol. The number of nitrogens with two attached hydrogens (primary N) is 1. The highest BCUT2D eigenvalue weighted by molar-refractivity contribution is 7.89. The van der Waals surface area contributed by atoms with Crippen molar-refractivity contribution in [1.82, 2.24) is 4.31 Å². The van der Waals surface area contributed by atoms with Crippen LogP contribution in [0.3, 0.4) is 0 Å². The van der Waals surface area contributed by atoms with Gasteiger partial charge in [0.1, 0.15) is 0 Å². The SMILES string of the molecule is NC(=S)Nc1cccc(S(=O)(=O)N2CCCC2)c1. The molecule has 1 fully saturated rings. The number of benzene rings is 1. The molecular weight excluding hydrogens is 270 g/mol. The molecule has 0 atom stereocenters. The number of sulfonamides is 1. The summed E-state index contributed by atoms with van der Waals surface area (Å²) < 4.78 is 26.1. The Morgan fingerprint density at radius 1 is 1.33 bits per heavy atom. The molecule has 7 heteroatoms. The molecule has 0 spiro atoms. The van der Waals surface area contributed by atoms with Crippen molar-refractivity contribution < 1.29 is 8.42 Å². The van der Waals surface area contributed by atoms with E-state index in [1.165, 1.54) is 4.31 Å². The van der Waals surface area contributed by atoms with E-state index in [1.54, 1.807) is 24.3 Å². The van der Waals surface area contributed by atoms with Crippen molar-refractivity contribution >= 4 is 33.0 Å². The molecule has 0 aliphatic carbocycles. The smallest absolute Gasteiger partial charge is 0.243 e. The third-order valence-corrected chi connectivity index (χ3v) is 4.80. The zero-order valence-electron chi connectivity index (χ0n) is 9.80. The molecule has 0 amide bonds. The van der Waals surface area contributed by atoms with Crippen LogP contribution in [0.25, 0.3) is 0 Å². The molecule has 1 aliphatic heterocycles. The minimum atomic E-state index is -3.39. The number of hydrogen-bond acceptors (Lipinski definition) is 3. The van der Waals surface area contributed by atoms with Crippen molar-refractivity contribution in [2.45, 2.75) is 17.7 Å². The monoisotopic (exact) mass is 285 g/mol. The van der Waals surface area contributed by atoms with Gasteiger partial charge in [-0.3, -0.25) is 0 Å². The molecule has 0 unspecified atom stereocenters. The van der Waals surface area contributed by atoms with Crippen LogP contribution in [0.5, 0.6) is 0 Å². The second-order valence-electron chi connectivity index (χ2n) is 4.13. The van der Waals surface area contributed by atoms with Crippen molar-refractivity contribution in [1.29, 1.82) is 0 Å². The molecular formula is C11H15N3O2S2. The van der Waals surface area contributed by atoms with Crippen molar-refractivity contribution in [3.05, 3.63) is 24.3 Å². The molecule has 98 valence electrons. The van der Waals surface area contributed by atoms with Crippen molar-refractivity contribution in [2.75, 3.05) is 18.4 Å². The highest BCUT2D eigenvalue weighted by Gasteiger charge is 2.27. The van der Waals surface area contributed by atoms with Crippen LogP contribution < -0.4 is 11.1 Å². The van der Waals surface area contributed by atoms with Crippen LogP contribution in [0.4, 0.5) is 5.69 Å². The maximum absolute atomic E-state index is 12.3. The fraction of sp³-hybridized carbons (Fsp3) is 0.364. The van der Waals surface area contributed by atoms with Crippen molar-refractivity contribution in [3.8, 4) is 0 Å². The van der Waals surface area contributed by atoms with Crippen molar-refractivity contribution in [3.63, 3.8) is 0 Å². The van der Waals surface area contributed by atoms with E-state index in [0.29, 0.717) is 18.8 Å². The summed E-state index contributed by atoms with van der Waals surface area (Å²) in [6.45, 7) is 1.19. The molecule has 0 saturated carbocycles. The first-order valence-corrected chi connectivity index (χ1v) is 7.51. The number of rotatable bonds is 3. The molecule has 5 nitrogen and oxygen atoms in total. The van der Waals surface area contributed by atoms with Crippen LogP contribution in [0.2, 0.25) is 0 Å². The van der Waals surface area contributed by atoms with Crippen LogP contribution in [-0.2, 0) is 10.0 Å². The Labute approximate surface area is 112 Å². The standard InChI is InChI=1S/C11H15N3O2S2/c12-11(17)13-9-4-3-5-10(8-9)18(15,16)14-6-1-2-7-14/h3-5,8H,1-2,6-7H2,(H3,12,13,17). The number of nitrogens with one attached hydrogen (secondary N) is 1. The van der Waals surface area contributed by atoms with Crippen LogP contribution in [0, 0.1) is 0 Å². The summed E-state index contributed by atoms with van der Waals surface area (Å²) in [6.07, 6.45) is 1.84. The van der Waals surface area contributed by atoms with Crippen molar-refractivity contribution in [2.24, 2.45) is 5.73 Å². The third kappa shape index (κ3) is 2.80. The highest BCUT2D eigenvalue weighted by Crippen LogP contribution is 2.22. The summed E-state index contributed by atoms with van der Waals surface area (Å²) in [5, 5.41) is 2.85. The van der Waals surface area contributed by atoms with E-state index in [1.807, 2.05) is 0 Å². The van der Waals surface area contributed by atoms with Gasteiger partial charge in [0.2, 0.25) is 10.0 Å². The molecule has 1 aliphatic rings. The van der Waals surface area contributed by atoms with E-state index in [0.717, 1.165) is 12.8 Å². The Balaban J connectivity index is 2.29. The van der Waals surface area contributed by atoms with Gasteiger partial charge in [0.15, 0.2) is 5.11 Å². The first-order chi connectivity index (χ1) is 8.50. The van der Waals surface area contributed by atoms with Gasteiger partial charge in [-0.05, 0) is 43.3 Å². The van der Waals surface area contributed by atoms with Crippen LogP contribution >= 0.6 is 12.2 Å². The quantitative estimate of drug-likeness (QED) is 0.814. The zero-order valence-corrected chi connectivity index (χ0v) is 11.4. The van der Waals surface area contributed by atoms with E-state index in [9.17, 15) is 8.42 Å². The summed E-state index contributed by atoms with van der Waals surface area (Å²) in [7, 11) is -3.39. The number of hydrogen-bond donors (Lipinski definition) is 2. The van der Waals surface area contributed by atoms with Crippen LogP contribution in [0.15, 0.2) is 29.2 Å². The molecule has 1 aromatic rings. The van der Waals surface area contributed by atoms with E-state index in [-0.39, 0.29) is 10.0 Å². The van der Waals surface area contributed by atoms with Gasteiger partial charge in [-0.15, -0.1) is 0 Å². The van der Waals surface area contributed by atoms with E-state index < -0.39 is 10.0 Å². The summed E-state index contributed by atoms with van der Waals surface area (Å²) in [6, 6.07) is 6.52. The minimum absolute atomic E-state index is 0.116. The number of thiocarbonyl (C=S) groups is 1. The van der Waals surface area contributed by atoms with E-state index >= 15 is 0 Å². The van der Waals surface area contributed by atoms with Gasteiger partial charge in [0.25, 0.3) is 0 Å². The fourth-order valence-electron chi connectivity index (χ4n) is 1.95. The predicted molar refractivity (Wildman–Crippen MR) is 74.8 cm³/mol. The number of anilines is 1. The van der Waals surface area contributed by atoms with Crippen LogP contribution in [0.1, 0.15) is 12.8 Å². The second kappa shape index (κ2) is 5.21. The van der Waals surface area contributed by atoms with Gasteiger partial charge in [-0.2, -0.15) is 4.31 Å². The maximum atomic E-state index is 12.3. The predicted octanol–water partition coefficient (Wildman–Crippen LogP) is 1.13. The largest absolute Gasteiger partial charge is 0.376 e. The molecule has 0 radical (unpaired) electrons. The second-order valence-corrected chi connectivity index (χ2v) is 6.51. The lowest BCUT2D eigenvalue weighted by atomic mass is 10.3. The van der Waals surface area contributed by atoms with Gasteiger partial charge in [-0.1, -0.05) is 6.07 Å². The molecule has 1 saturated heterocycles. The van der Waals surface area contributed by atoms with Crippen LogP contribution in [-0.4, -0.2) is 30.9 Å². The van der Waals surface area contributed by atoms with Gasteiger partial charge in [0, 0.05) is 18.8 Å². The van der Waals surface area contributed by atoms with Gasteiger partial charge in [0.05, 0.1) is 4.90 Å². The molecule has 3 N–H and O–H groups in total. The molecule has 2 rings (SSSR count). The Bertz CT molecular complexity index is 551. The first kappa shape index (κ1) is 13.3. The van der Waals surface area contributed by atoms with Gasteiger partial charge >= 0.3 is 0 Å². The van der Waals surface area contributed by atoms with E-state index in [4.69, 9.17) is 18.0 Å². The van der Waals surface area contributed by atoms with Gasteiger partial charge in [-0.25, -0.2) is 8.42 Å². The van der Waals surface area contributed by atoms with E-state index in [2.05, 4.69) is 5.32 Å². The fourth-order valence-corrected chi connectivity index (χ4v) is 3.64. The maximum Gasteiger partial charge on any atom is 0.243 e. The summed E-state index contributed by atoms with van der Waals surface area (Å²) in [5.41, 5.74) is 5.95. The lowest BCUT2D eigenvalue weighted by Crippen LogP contribution is -2.28. The number of nitrogens with zero attached hydrogens (tertiary/aromatic N) is 1. The molecule has 0 bridgehead atoms. The molecule has 1 aromatic carbocycles. The Morgan fingerprint density at radius 3 is 2.61 bits per heavy atom. The lowest BCUT2D eigenvalue weighted by Gasteiger charge is -2.16. The third-order valence-electron chi connectivity index (χ3n) is 2.80. The minimum Gasteiger partial charge on any atom is -0.376 e. The Hall–Kier alpha value is -1.18. The topological polar surface area (TPSA) is 75.4 Å². The Kier molecular flexibility index (Phi) is 3.84. The molecule has 18 heavy (non-hydrogen) atoms. The zero-order chi connectivity index (χ0) is 13.2. The summed E-state index contributed by atoms with van der Waals surface area (Å²) in [5.74, 6) is 0. The first-order valence-electron chi connectivity index (χ1n) is 5.67. The lowest BCUT2D eigenvalue weighted by molar-refractivity contribution is 0.477. The molecule has 1 heterocycles. The average Bonchev–Trinajstić information content (AvgIpc) is 2.82. The summed E-state index contributed by atoms with van der Waals surface area (Å²) in [4.78, 5) is 0.269.